The Balaban J connectivity index is 1.94. The third kappa shape index (κ3) is 2.51. The lowest BCUT2D eigenvalue weighted by atomic mass is 10.2. The Labute approximate surface area is 116 Å². The van der Waals surface area contributed by atoms with Gasteiger partial charge in [-0.25, -0.2) is 4.98 Å². The van der Waals surface area contributed by atoms with Crippen LogP contribution in [0.1, 0.15) is 12.7 Å². The molecule has 0 aliphatic rings. The standard InChI is InChI=1S/C15H14N4O/c1-2-14-18-13(16)9-15(19-14)20-11-6-5-10-4-3-7-17-12(10)8-11/h3-9H,2H2,1H3,(H2,16,18,19). The number of aryl methyl sites for hydroxylation is 1. The first-order valence-electron chi connectivity index (χ1n) is 6.40. The van der Waals surface area contributed by atoms with Crippen LogP contribution in [-0.2, 0) is 6.42 Å². The molecule has 0 radical (unpaired) electrons. The van der Waals surface area contributed by atoms with Crippen LogP contribution >= 0.6 is 0 Å². The highest BCUT2D eigenvalue weighted by Gasteiger charge is 2.05. The number of aromatic nitrogens is 3. The number of pyridine rings is 1. The second kappa shape index (κ2) is 5.13. The van der Waals surface area contributed by atoms with E-state index in [2.05, 4.69) is 15.0 Å². The summed E-state index contributed by atoms with van der Waals surface area (Å²) in [6.07, 6.45) is 2.46. The van der Waals surface area contributed by atoms with Crippen molar-refractivity contribution in [3.63, 3.8) is 0 Å². The first kappa shape index (κ1) is 12.3. The van der Waals surface area contributed by atoms with Gasteiger partial charge >= 0.3 is 0 Å². The summed E-state index contributed by atoms with van der Waals surface area (Å²) in [6, 6.07) is 11.2. The van der Waals surface area contributed by atoms with E-state index < -0.39 is 0 Å². The van der Waals surface area contributed by atoms with Gasteiger partial charge in [0.05, 0.1) is 5.52 Å². The molecule has 0 amide bonds. The minimum atomic E-state index is 0.408. The highest BCUT2D eigenvalue weighted by atomic mass is 16.5. The average molecular weight is 266 g/mol. The Kier molecular flexibility index (Phi) is 3.16. The van der Waals surface area contributed by atoms with Crippen molar-refractivity contribution in [3.8, 4) is 11.6 Å². The molecule has 20 heavy (non-hydrogen) atoms. The molecule has 2 heterocycles. The number of hydrogen-bond donors (Lipinski definition) is 1. The molecule has 100 valence electrons. The SMILES string of the molecule is CCc1nc(N)cc(Oc2ccc3cccnc3c2)n1. The molecule has 5 heteroatoms. The number of nitrogens with zero attached hydrogens (tertiary/aromatic N) is 3. The molecule has 0 unspecified atom stereocenters. The highest BCUT2D eigenvalue weighted by molar-refractivity contribution is 5.79. The van der Waals surface area contributed by atoms with Crippen LogP contribution in [0, 0.1) is 0 Å². The fraction of sp³-hybridized carbons (Fsp3) is 0.133. The van der Waals surface area contributed by atoms with Crippen molar-refractivity contribution in [2.45, 2.75) is 13.3 Å². The van der Waals surface area contributed by atoms with E-state index in [1.165, 1.54) is 0 Å². The van der Waals surface area contributed by atoms with Crippen LogP contribution in [0.25, 0.3) is 10.9 Å². The third-order valence-corrected chi connectivity index (χ3v) is 2.88. The molecule has 0 atom stereocenters. The Hall–Kier alpha value is -2.69. The fourth-order valence-electron chi connectivity index (χ4n) is 1.93. The van der Waals surface area contributed by atoms with Crippen molar-refractivity contribution in [2.75, 3.05) is 5.73 Å². The second-order valence-electron chi connectivity index (χ2n) is 4.36. The average Bonchev–Trinajstić information content (AvgIpc) is 2.46. The molecular weight excluding hydrogens is 252 g/mol. The Bertz CT molecular complexity index is 758. The van der Waals surface area contributed by atoms with E-state index in [4.69, 9.17) is 10.5 Å². The van der Waals surface area contributed by atoms with Crippen LogP contribution in [0.4, 0.5) is 5.82 Å². The van der Waals surface area contributed by atoms with E-state index >= 15 is 0 Å². The highest BCUT2D eigenvalue weighted by Crippen LogP contribution is 2.24. The summed E-state index contributed by atoms with van der Waals surface area (Å²) >= 11 is 0. The first-order valence-corrected chi connectivity index (χ1v) is 6.40. The lowest BCUT2D eigenvalue weighted by Gasteiger charge is -2.07. The zero-order chi connectivity index (χ0) is 13.9. The Morgan fingerprint density at radius 1 is 1.15 bits per heavy atom. The summed E-state index contributed by atoms with van der Waals surface area (Å²) in [5.74, 6) is 2.20. The predicted molar refractivity (Wildman–Crippen MR) is 77.6 cm³/mol. The molecule has 3 aromatic rings. The first-order chi connectivity index (χ1) is 9.74. The van der Waals surface area contributed by atoms with Crippen molar-refractivity contribution in [2.24, 2.45) is 0 Å². The molecule has 0 fully saturated rings. The molecule has 2 N–H and O–H groups in total. The number of anilines is 1. The molecule has 0 saturated carbocycles. The van der Waals surface area contributed by atoms with E-state index in [9.17, 15) is 0 Å². The quantitative estimate of drug-likeness (QED) is 0.788. The van der Waals surface area contributed by atoms with Gasteiger partial charge in [0, 0.05) is 30.1 Å². The van der Waals surface area contributed by atoms with Gasteiger partial charge in [0.2, 0.25) is 5.88 Å². The maximum absolute atomic E-state index is 5.74. The van der Waals surface area contributed by atoms with Crippen LogP contribution in [0.5, 0.6) is 11.6 Å². The van der Waals surface area contributed by atoms with Gasteiger partial charge in [-0.3, -0.25) is 4.98 Å². The molecule has 2 aromatic heterocycles. The zero-order valence-corrected chi connectivity index (χ0v) is 11.1. The molecular formula is C15H14N4O. The third-order valence-electron chi connectivity index (χ3n) is 2.88. The molecule has 0 bridgehead atoms. The zero-order valence-electron chi connectivity index (χ0n) is 11.1. The lowest BCUT2D eigenvalue weighted by molar-refractivity contribution is 0.460. The van der Waals surface area contributed by atoms with Crippen LogP contribution in [0.15, 0.2) is 42.6 Å². The van der Waals surface area contributed by atoms with Crippen molar-refractivity contribution < 1.29 is 4.74 Å². The number of nitrogen functional groups attached to an aromatic ring is 1. The molecule has 5 nitrogen and oxygen atoms in total. The van der Waals surface area contributed by atoms with Gasteiger partial charge in [-0.2, -0.15) is 4.98 Å². The van der Waals surface area contributed by atoms with Gasteiger partial charge in [-0.15, -0.1) is 0 Å². The minimum absolute atomic E-state index is 0.408. The van der Waals surface area contributed by atoms with Gasteiger partial charge in [0.25, 0.3) is 0 Å². The molecule has 0 aliphatic carbocycles. The largest absolute Gasteiger partial charge is 0.439 e. The summed E-state index contributed by atoms with van der Waals surface area (Å²) in [4.78, 5) is 12.7. The minimum Gasteiger partial charge on any atom is -0.439 e. The molecule has 0 aliphatic heterocycles. The Morgan fingerprint density at radius 2 is 2.05 bits per heavy atom. The molecule has 1 aromatic carbocycles. The Morgan fingerprint density at radius 3 is 2.90 bits per heavy atom. The fourth-order valence-corrected chi connectivity index (χ4v) is 1.93. The summed E-state index contributed by atoms with van der Waals surface area (Å²) in [5.41, 5.74) is 6.61. The molecule has 0 spiro atoms. The van der Waals surface area contributed by atoms with E-state index in [0.29, 0.717) is 29.7 Å². The van der Waals surface area contributed by atoms with Crippen molar-refractivity contribution >= 4 is 16.7 Å². The summed E-state index contributed by atoms with van der Waals surface area (Å²) in [5, 5.41) is 1.07. The van der Waals surface area contributed by atoms with Crippen molar-refractivity contribution in [3.05, 3.63) is 48.4 Å². The monoisotopic (exact) mass is 266 g/mol. The topological polar surface area (TPSA) is 73.9 Å². The second-order valence-corrected chi connectivity index (χ2v) is 4.36. The number of benzene rings is 1. The van der Waals surface area contributed by atoms with Crippen LogP contribution < -0.4 is 10.5 Å². The van der Waals surface area contributed by atoms with Crippen LogP contribution in [0.2, 0.25) is 0 Å². The predicted octanol–water partition coefficient (Wildman–Crippen LogP) is 2.96. The number of ether oxygens (including phenoxy) is 1. The van der Waals surface area contributed by atoms with Gasteiger partial charge < -0.3 is 10.5 Å². The molecule has 0 saturated heterocycles. The lowest BCUT2D eigenvalue weighted by Crippen LogP contribution is -2.00. The smallest absolute Gasteiger partial charge is 0.224 e. The van der Waals surface area contributed by atoms with Crippen LogP contribution in [-0.4, -0.2) is 15.0 Å². The molecule has 3 rings (SSSR count). The number of nitrogens with two attached hydrogens (primary N) is 1. The normalized spacial score (nSPS) is 10.7. The van der Waals surface area contributed by atoms with Crippen molar-refractivity contribution in [1.82, 2.24) is 15.0 Å². The maximum atomic E-state index is 5.74. The van der Waals surface area contributed by atoms with E-state index in [1.54, 1.807) is 12.3 Å². The van der Waals surface area contributed by atoms with Gasteiger partial charge in [-0.05, 0) is 18.2 Å². The van der Waals surface area contributed by atoms with Crippen LogP contribution in [0.3, 0.4) is 0 Å². The summed E-state index contributed by atoms with van der Waals surface area (Å²) in [6.45, 7) is 1.97. The summed E-state index contributed by atoms with van der Waals surface area (Å²) in [7, 11) is 0. The summed E-state index contributed by atoms with van der Waals surface area (Å²) < 4.78 is 5.74. The van der Waals surface area contributed by atoms with E-state index in [1.807, 2.05) is 37.3 Å². The van der Waals surface area contributed by atoms with Gasteiger partial charge in [0.15, 0.2) is 0 Å². The van der Waals surface area contributed by atoms with E-state index in [-0.39, 0.29) is 0 Å². The number of fused-ring (bicyclic) bond motifs is 1. The van der Waals surface area contributed by atoms with Gasteiger partial charge in [0.1, 0.15) is 17.4 Å². The maximum Gasteiger partial charge on any atom is 0.224 e. The van der Waals surface area contributed by atoms with Gasteiger partial charge in [-0.1, -0.05) is 13.0 Å². The van der Waals surface area contributed by atoms with E-state index in [0.717, 1.165) is 10.9 Å². The number of hydrogen-bond acceptors (Lipinski definition) is 5. The number of rotatable bonds is 3. The van der Waals surface area contributed by atoms with Crippen molar-refractivity contribution in [1.29, 1.82) is 0 Å².